The summed E-state index contributed by atoms with van der Waals surface area (Å²) in [7, 11) is -2.88. The third-order valence-electron chi connectivity index (χ3n) is 10.7. The first kappa shape index (κ1) is 40.6. The number of nitrogens with zero attached hydrogens (tertiary/aromatic N) is 1. The lowest BCUT2D eigenvalue weighted by molar-refractivity contribution is -0.180. The Kier molecular flexibility index (Phi) is 12.3. The molecule has 0 aromatic heterocycles. The summed E-state index contributed by atoms with van der Waals surface area (Å²) in [5.74, 6) is -2.32. The van der Waals surface area contributed by atoms with Crippen LogP contribution in [0.4, 0.5) is 0 Å². The second-order valence-electron chi connectivity index (χ2n) is 15.8. The number of hydrogen-bond acceptors (Lipinski definition) is 7. The van der Waals surface area contributed by atoms with Crippen molar-refractivity contribution < 1.29 is 33.1 Å². The van der Waals surface area contributed by atoms with Crippen molar-refractivity contribution in [1.29, 1.82) is 0 Å². The zero-order chi connectivity index (χ0) is 41.4. The van der Waals surface area contributed by atoms with Gasteiger partial charge in [0.2, 0.25) is 11.8 Å². The minimum absolute atomic E-state index is 0.000528. The Morgan fingerprint density at radius 3 is 1.64 bits per heavy atom. The van der Waals surface area contributed by atoms with Crippen molar-refractivity contribution in [2.75, 3.05) is 0 Å². The number of rotatable bonds is 14. The first-order chi connectivity index (χ1) is 28.5. The SMILES string of the molecule is CC(C)(C)[Si](Oc1ccc(C[C@@H]2C(=O)N(C(=O)Cc3cccc(C(=O)OCc4ccccc4)c3)[C@@H]2C(=O)OCc2ccccc2)cc1)(c1ccccc1)c1ccccc1. The Labute approximate surface area is 346 Å². The van der Waals surface area contributed by atoms with Crippen molar-refractivity contribution in [1.82, 2.24) is 4.90 Å². The van der Waals surface area contributed by atoms with E-state index >= 15 is 0 Å². The third kappa shape index (κ3) is 9.11. The smallest absolute Gasteiger partial charge is 0.338 e. The molecule has 0 aliphatic carbocycles. The van der Waals surface area contributed by atoms with Crippen LogP contribution in [-0.2, 0) is 49.9 Å². The summed E-state index contributed by atoms with van der Waals surface area (Å²) in [6, 6.07) is 52.5. The highest BCUT2D eigenvalue weighted by atomic mass is 28.4. The number of esters is 2. The van der Waals surface area contributed by atoms with Gasteiger partial charge < -0.3 is 13.9 Å². The van der Waals surface area contributed by atoms with Crippen LogP contribution in [0.15, 0.2) is 170 Å². The molecule has 59 heavy (non-hydrogen) atoms. The maximum atomic E-state index is 13.9. The number of carbonyl (C=O) groups excluding carboxylic acids is 4. The largest absolute Gasteiger partial charge is 0.534 e. The van der Waals surface area contributed by atoms with E-state index in [0.717, 1.165) is 32.0 Å². The van der Waals surface area contributed by atoms with Crippen molar-refractivity contribution in [2.45, 2.75) is 57.9 Å². The van der Waals surface area contributed by atoms with Gasteiger partial charge in [0.1, 0.15) is 25.0 Å². The number of benzene rings is 6. The molecule has 1 aliphatic rings. The summed E-state index contributed by atoms with van der Waals surface area (Å²) >= 11 is 0. The Morgan fingerprint density at radius 1 is 0.593 bits per heavy atom. The molecule has 1 saturated heterocycles. The van der Waals surface area contributed by atoms with Gasteiger partial charge in [0, 0.05) is 0 Å². The van der Waals surface area contributed by atoms with Crippen LogP contribution >= 0.6 is 0 Å². The molecule has 2 amide bonds. The van der Waals surface area contributed by atoms with Gasteiger partial charge >= 0.3 is 20.3 Å². The molecule has 9 heteroatoms. The van der Waals surface area contributed by atoms with E-state index in [0.29, 0.717) is 11.3 Å². The molecule has 0 saturated carbocycles. The standard InChI is InChI=1S/C50H47NO7Si/c1-50(2,3)59(42-23-12-6-13-24-42,43-25-14-7-15-26-43)58-41-29-27-36(28-30-41)32-44-46(49(55)57-35-38-19-10-5-11-20-38)51(47(44)53)45(52)33-39-21-16-22-40(31-39)48(54)56-34-37-17-8-4-9-18-37/h4-31,44,46H,32-35H2,1-3H3/t44-,46-/m0/s1. The minimum atomic E-state index is -2.88. The van der Waals surface area contributed by atoms with Gasteiger partial charge in [-0.1, -0.05) is 166 Å². The molecule has 6 aromatic rings. The van der Waals surface area contributed by atoms with Crippen LogP contribution in [0.5, 0.6) is 5.75 Å². The second kappa shape index (κ2) is 17.9. The van der Waals surface area contributed by atoms with Gasteiger partial charge in [0.05, 0.1) is 17.9 Å². The Hall–Kier alpha value is -6.58. The minimum Gasteiger partial charge on any atom is -0.534 e. The van der Waals surface area contributed by atoms with E-state index < -0.39 is 44.0 Å². The highest BCUT2D eigenvalue weighted by Gasteiger charge is 2.55. The van der Waals surface area contributed by atoms with E-state index in [1.807, 2.05) is 121 Å². The van der Waals surface area contributed by atoms with E-state index in [1.165, 1.54) is 0 Å². The summed E-state index contributed by atoms with van der Waals surface area (Å²) in [5, 5.41) is 2.07. The maximum Gasteiger partial charge on any atom is 0.338 e. The summed E-state index contributed by atoms with van der Waals surface area (Å²) in [6.45, 7) is 6.77. The highest BCUT2D eigenvalue weighted by molar-refractivity contribution is 7.00. The first-order valence-corrected chi connectivity index (χ1v) is 21.7. The molecular formula is C50H47NO7Si. The van der Waals surface area contributed by atoms with Crippen molar-refractivity contribution in [3.8, 4) is 5.75 Å². The number of carbonyl (C=O) groups is 4. The predicted octanol–water partition coefficient (Wildman–Crippen LogP) is 7.86. The summed E-state index contributed by atoms with van der Waals surface area (Å²) in [5.41, 5.74) is 3.23. The fourth-order valence-corrected chi connectivity index (χ4v) is 12.2. The van der Waals surface area contributed by atoms with E-state index in [9.17, 15) is 19.2 Å². The van der Waals surface area contributed by atoms with Gasteiger partial charge in [-0.2, -0.15) is 0 Å². The van der Waals surface area contributed by atoms with Gasteiger partial charge in [-0.05, 0) is 68.4 Å². The van der Waals surface area contributed by atoms with Crippen LogP contribution in [0.1, 0.15) is 53.4 Å². The Morgan fingerprint density at radius 2 is 1.10 bits per heavy atom. The van der Waals surface area contributed by atoms with Gasteiger partial charge in [0.15, 0.2) is 0 Å². The summed E-state index contributed by atoms with van der Waals surface area (Å²) < 4.78 is 18.4. The number of likely N-dealkylation sites (tertiary alicyclic amines) is 1. The zero-order valence-corrected chi connectivity index (χ0v) is 34.5. The van der Waals surface area contributed by atoms with Crippen LogP contribution < -0.4 is 14.8 Å². The molecule has 1 fully saturated rings. The lowest BCUT2D eigenvalue weighted by Gasteiger charge is -2.44. The molecule has 2 atom stereocenters. The molecule has 1 heterocycles. The summed E-state index contributed by atoms with van der Waals surface area (Å²) in [4.78, 5) is 55.4. The number of amides is 2. The van der Waals surface area contributed by atoms with Crippen molar-refractivity contribution >= 4 is 42.4 Å². The number of hydrogen-bond donors (Lipinski definition) is 0. The maximum absolute atomic E-state index is 13.9. The lowest BCUT2D eigenvalue weighted by atomic mass is 9.81. The molecule has 7 rings (SSSR count). The van der Waals surface area contributed by atoms with Crippen molar-refractivity contribution in [3.63, 3.8) is 0 Å². The molecule has 0 N–H and O–H groups in total. The zero-order valence-electron chi connectivity index (χ0n) is 33.5. The normalized spacial score (nSPS) is 15.2. The predicted molar refractivity (Wildman–Crippen MR) is 229 cm³/mol. The van der Waals surface area contributed by atoms with Gasteiger partial charge in [-0.3, -0.25) is 14.5 Å². The van der Waals surface area contributed by atoms with E-state index in [1.54, 1.807) is 24.3 Å². The summed E-state index contributed by atoms with van der Waals surface area (Å²) in [6.07, 6.45) is 0.0188. The molecule has 0 spiro atoms. The van der Waals surface area contributed by atoms with Gasteiger partial charge in [-0.25, -0.2) is 9.59 Å². The van der Waals surface area contributed by atoms with Crippen LogP contribution in [0.2, 0.25) is 5.04 Å². The molecule has 0 radical (unpaired) electrons. The molecular weight excluding hydrogens is 755 g/mol. The Bertz CT molecular complexity index is 2340. The molecule has 298 valence electrons. The number of imide groups is 1. The molecule has 6 aromatic carbocycles. The Balaban J connectivity index is 1.09. The van der Waals surface area contributed by atoms with Crippen LogP contribution in [0.25, 0.3) is 0 Å². The average molecular weight is 802 g/mol. The van der Waals surface area contributed by atoms with E-state index in [-0.39, 0.29) is 36.7 Å². The molecule has 8 nitrogen and oxygen atoms in total. The molecule has 0 unspecified atom stereocenters. The van der Waals surface area contributed by atoms with E-state index in [2.05, 4.69) is 45.0 Å². The highest BCUT2D eigenvalue weighted by Crippen LogP contribution is 2.38. The molecule has 1 aliphatic heterocycles. The molecule has 0 bridgehead atoms. The van der Waals surface area contributed by atoms with Gasteiger partial charge in [-0.15, -0.1) is 0 Å². The number of ether oxygens (including phenoxy) is 2. The van der Waals surface area contributed by atoms with Crippen LogP contribution in [-0.4, -0.2) is 43.0 Å². The lowest BCUT2D eigenvalue weighted by Crippen LogP contribution is -2.68. The van der Waals surface area contributed by atoms with Gasteiger partial charge in [0.25, 0.3) is 0 Å². The monoisotopic (exact) mass is 801 g/mol. The topological polar surface area (TPSA) is 99.2 Å². The van der Waals surface area contributed by atoms with Crippen LogP contribution in [0.3, 0.4) is 0 Å². The average Bonchev–Trinajstić information content (AvgIpc) is 3.26. The quantitative estimate of drug-likeness (QED) is 0.0629. The fraction of sp³-hybridized carbons (Fsp3) is 0.200. The fourth-order valence-electron chi connectivity index (χ4n) is 7.76. The van der Waals surface area contributed by atoms with Crippen molar-refractivity contribution in [2.24, 2.45) is 5.92 Å². The van der Waals surface area contributed by atoms with Crippen LogP contribution in [0, 0.1) is 5.92 Å². The number of β-lactam (4-membered cyclic amide) rings is 1. The first-order valence-electron chi connectivity index (χ1n) is 19.8. The van der Waals surface area contributed by atoms with Crippen molar-refractivity contribution in [3.05, 3.63) is 198 Å². The second-order valence-corrected chi connectivity index (χ2v) is 20.0. The van der Waals surface area contributed by atoms with E-state index in [4.69, 9.17) is 13.9 Å². The third-order valence-corrected chi connectivity index (χ3v) is 15.7.